The van der Waals surface area contributed by atoms with Gasteiger partial charge in [-0.2, -0.15) is 0 Å². The van der Waals surface area contributed by atoms with Crippen LogP contribution < -0.4 is 10.6 Å². The quantitative estimate of drug-likeness (QED) is 0.637. The fourth-order valence-electron chi connectivity index (χ4n) is 2.77. The topological polar surface area (TPSA) is 114 Å². The van der Waals surface area contributed by atoms with Crippen molar-refractivity contribution in [2.75, 3.05) is 13.7 Å². The summed E-state index contributed by atoms with van der Waals surface area (Å²) in [5.74, 6) is -1.33. The minimum Gasteiger partial charge on any atom is -0.480 e. The molecule has 1 aliphatic rings. The molecule has 0 aromatic carbocycles. The number of hydrogen-bond acceptors (Lipinski definition) is 6. The lowest BCUT2D eigenvalue weighted by atomic mass is 9.81. The van der Waals surface area contributed by atoms with Gasteiger partial charge in [-0.25, -0.2) is 4.79 Å². The zero-order chi connectivity index (χ0) is 17.8. The number of nitrogens with one attached hydrogen (secondary N) is 2. The molecule has 23 heavy (non-hydrogen) atoms. The van der Waals surface area contributed by atoms with Gasteiger partial charge < -0.3 is 19.9 Å². The van der Waals surface area contributed by atoms with Crippen LogP contribution in [0.5, 0.6) is 0 Å². The number of hydrogen-bond donors (Lipinski definition) is 3. The van der Waals surface area contributed by atoms with Gasteiger partial charge in [0.2, 0.25) is 5.91 Å². The molecule has 132 valence electrons. The van der Waals surface area contributed by atoms with Crippen molar-refractivity contribution >= 4 is 18.0 Å². The maximum absolute atomic E-state index is 12.5. The molecule has 1 aliphatic heterocycles. The molecule has 0 aromatic rings. The van der Waals surface area contributed by atoms with Crippen LogP contribution in [0.3, 0.4) is 0 Å². The van der Waals surface area contributed by atoms with Gasteiger partial charge in [-0.15, -0.1) is 0 Å². The van der Waals surface area contributed by atoms with E-state index in [1.807, 2.05) is 13.8 Å². The van der Waals surface area contributed by atoms with Crippen molar-refractivity contribution in [3.63, 3.8) is 0 Å². The van der Waals surface area contributed by atoms with Gasteiger partial charge in [0.05, 0.1) is 18.7 Å². The normalized spacial score (nSPS) is 27.9. The molecule has 0 radical (unpaired) electrons. The van der Waals surface area contributed by atoms with Crippen molar-refractivity contribution < 1.29 is 29.0 Å². The summed E-state index contributed by atoms with van der Waals surface area (Å²) in [4.78, 5) is 34.8. The van der Waals surface area contributed by atoms with Gasteiger partial charge in [-0.05, 0) is 32.1 Å². The lowest BCUT2D eigenvalue weighted by Gasteiger charge is -2.38. The number of rotatable bonds is 5. The number of carbonyl (C=O) groups is 3. The summed E-state index contributed by atoms with van der Waals surface area (Å²) < 4.78 is 9.24. The molecule has 1 amide bonds. The van der Waals surface area contributed by atoms with E-state index in [0.29, 0.717) is 6.42 Å². The Hall–Kier alpha value is -1.83. The van der Waals surface area contributed by atoms with Gasteiger partial charge in [0, 0.05) is 0 Å². The highest BCUT2D eigenvalue weighted by Gasteiger charge is 2.40. The van der Waals surface area contributed by atoms with Crippen LogP contribution in [-0.2, 0) is 19.1 Å². The van der Waals surface area contributed by atoms with Crippen molar-refractivity contribution in [2.24, 2.45) is 11.8 Å². The Balaban J connectivity index is 2.68. The van der Waals surface area contributed by atoms with E-state index in [1.165, 1.54) is 7.11 Å². The van der Waals surface area contributed by atoms with Crippen molar-refractivity contribution in [3.8, 4) is 0 Å². The number of piperidine rings is 1. The number of aliphatic carboxylic acids is 1. The molecule has 8 heteroatoms. The second-order valence-corrected chi connectivity index (χ2v) is 6.77. The number of ether oxygens (including phenoxy) is 2. The highest BCUT2D eigenvalue weighted by molar-refractivity contribution is 5.84. The molecule has 1 fully saturated rings. The third-order valence-electron chi connectivity index (χ3n) is 3.97. The van der Waals surface area contributed by atoms with Crippen LogP contribution in [-0.4, -0.2) is 54.5 Å². The average molecular weight is 330 g/mol. The zero-order valence-electron chi connectivity index (χ0n) is 14.2. The Kier molecular flexibility index (Phi) is 6.37. The standard InChI is InChI=1S/C15H26N2O6/c1-8-6-9(2)11(13(19)20)16-10(8)12(18)17-15(3,4)7-23-14(21)22-5/h8-11,16H,6-7H2,1-5H3,(H,17,18)(H,19,20). The van der Waals surface area contributed by atoms with E-state index in [0.717, 1.165) is 0 Å². The number of carbonyl (C=O) groups excluding carboxylic acids is 2. The molecule has 8 nitrogen and oxygen atoms in total. The smallest absolute Gasteiger partial charge is 0.480 e. The van der Waals surface area contributed by atoms with Crippen LogP contribution in [0.2, 0.25) is 0 Å². The zero-order valence-corrected chi connectivity index (χ0v) is 14.2. The minimum absolute atomic E-state index is 0.00192. The highest BCUT2D eigenvalue weighted by Crippen LogP contribution is 2.25. The summed E-state index contributed by atoms with van der Waals surface area (Å²) in [5, 5.41) is 14.9. The first-order chi connectivity index (χ1) is 10.6. The Bertz CT molecular complexity index is 465. The van der Waals surface area contributed by atoms with E-state index in [9.17, 15) is 19.5 Å². The summed E-state index contributed by atoms with van der Waals surface area (Å²) >= 11 is 0. The molecule has 0 aliphatic carbocycles. The van der Waals surface area contributed by atoms with Gasteiger partial charge >= 0.3 is 12.1 Å². The molecule has 4 unspecified atom stereocenters. The molecule has 4 atom stereocenters. The number of amides is 1. The van der Waals surface area contributed by atoms with E-state index < -0.39 is 29.7 Å². The molecule has 0 aromatic heterocycles. The van der Waals surface area contributed by atoms with Crippen LogP contribution >= 0.6 is 0 Å². The molecule has 3 N–H and O–H groups in total. The van der Waals surface area contributed by atoms with Crippen molar-refractivity contribution in [3.05, 3.63) is 0 Å². The molecular weight excluding hydrogens is 304 g/mol. The predicted octanol–water partition coefficient (Wildman–Crippen LogP) is 0.752. The summed E-state index contributed by atoms with van der Waals surface area (Å²) in [5.41, 5.74) is -0.797. The average Bonchev–Trinajstić information content (AvgIpc) is 2.43. The molecule has 1 rings (SSSR count). The predicted molar refractivity (Wildman–Crippen MR) is 81.9 cm³/mol. The molecule has 0 saturated carbocycles. The molecule has 1 heterocycles. The van der Waals surface area contributed by atoms with Gasteiger partial charge in [0.25, 0.3) is 0 Å². The number of carboxylic acid groups (broad SMARTS) is 1. The van der Waals surface area contributed by atoms with Crippen LogP contribution in [0.1, 0.15) is 34.1 Å². The number of carboxylic acids is 1. The summed E-state index contributed by atoms with van der Waals surface area (Å²) in [7, 11) is 1.20. The summed E-state index contributed by atoms with van der Waals surface area (Å²) in [6, 6.07) is -1.36. The summed E-state index contributed by atoms with van der Waals surface area (Å²) in [6.45, 7) is 7.12. The fourth-order valence-corrected chi connectivity index (χ4v) is 2.77. The second kappa shape index (κ2) is 7.63. The SMILES string of the molecule is COC(=O)OCC(C)(C)NC(=O)C1NC(C(=O)O)C(C)CC1C. The third-order valence-corrected chi connectivity index (χ3v) is 3.97. The van der Waals surface area contributed by atoms with E-state index >= 15 is 0 Å². The van der Waals surface area contributed by atoms with E-state index in [1.54, 1.807) is 13.8 Å². The maximum atomic E-state index is 12.5. The van der Waals surface area contributed by atoms with Gasteiger partial charge in [-0.3, -0.25) is 14.9 Å². The van der Waals surface area contributed by atoms with E-state index in [2.05, 4.69) is 15.4 Å². The maximum Gasteiger partial charge on any atom is 0.508 e. The van der Waals surface area contributed by atoms with Crippen LogP contribution in [0.25, 0.3) is 0 Å². The van der Waals surface area contributed by atoms with E-state index in [-0.39, 0.29) is 24.3 Å². The van der Waals surface area contributed by atoms with Crippen molar-refractivity contribution in [1.82, 2.24) is 10.6 Å². The number of methoxy groups -OCH3 is 1. The first kappa shape index (κ1) is 19.2. The Morgan fingerprint density at radius 1 is 1.22 bits per heavy atom. The fraction of sp³-hybridized carbons (Fsp3) is 0.800. The lowest BCUT2D eigenvalue weighted by Crippen LogP contribution is -2.62. The van der Waals surface area contributed by atoms with E-state index in [4.69, 9.17) is 4.74 Å². The highest BCUT2D eigenvalue weighted by atomic mass is 16.7. The lowest BCUT2D eigenvalue weighted by molar-refractivity contribution is -0.143. The van der Waals surface area contributed by atoms with Gasteiger partial charge in [0.15, 0.2) is 0 Å². The molecular formula is C15H26N2O6. The molecule has 0 spiro atoms. The molecule has 0 bridgehead atoms. The summed E-state index contributed by atoms with van der Waals surface area (Å²) in [6.07, 6.45) is -0.183. The van der Waals surface area contributed by atoms with Crippen LogP contribution in [0.15, 0.2) is 0 Å². The Labute approximate surface area is 135 Å². The largest absolute Gasteiger partial charge is 0.508 e. The minimum atomic E-state index is -0.963. The first-order valence-corrected chi connectivity index (χ1v) is 7.59. The van der Waals surface area contributed by atoms with Gasteiger partial charge in [0.1, 0.15) is 12.6 Å². The van der Waals surface area contributed by atoms with Crippen LogP contribution in [0.4, 0.5) is 4.79 Å². The monoisotopic (exact) mass is 330 g/mol. The van der Waals surface area contributed by atoms with Gasteiger partial charge in [-0.1, -0.05) is 13.8 Å². The van der Waals surface area contributed by atoms with Crippen molar-refractivity contribution in [1.29, 1.82) is 0 Å². The third kappa shape index (κ3) is 5.38. The Morgan fingerprint density at radius 3 is 2.30 bits per heavy atom. The van der Waals surface area contributed by atoms with Crippen LogP contribution in [0, 0.1) is 11.8 Å². The first-order valence-electron chi connectivity index (χ1n) is 7.59. The molecule has 1 saturated heterocycles. The van der Waals surface area contributed by atoms with Crippen molar-refractivity contribution in [2.45, 2.75) is 51.7 Å². The second-order valence-electron chi connectivity index (χ2n) is 6.77. The Morgan fingerprint density at radius 2 is 1.78 bits per heavy atom.